The number of nitrogens with zero attached hydrogens (tertiary/aromatic N) is 2. The summed E-state index contributed by atoms with van der Waals surface area (Å²) in [5, 5.41) is 12.4. The predicted molar refractivity (Wildman–Crippen MR) is 125 cm³/mol. The van der Waals surface area contributed by atoms with E-state index < -0.39 is 5.97 Å². The number of aromatic nitrogens is 1. The van der Waals surface area contributed by atoms with Gasteiger partial charge in [0.25, 0.3) is 0 Å². The number of aliphatic carboxylic acids is 1. The fourth-order valence-corrected chi connectivity index (χ4v) is 6.29. The minimum atomic E-state index is -0.858. The third-order valence-corrected chi connectivity index (χ3v) is 8.35. The highest BCUT2D eigenvalue weighted by atomic mass is 32.2. The molecule has 31 heavy (non-hydrogen) atoms. The van der Waals surface area contributed by atoms with Crippen LogP contribution in [-0.4, -0.2) is 58.0 Å². The maximum Gasteiger partial charge on any atom is 0.324 e. The molecule has 2 aliphatic rings. The molecule has 0 unspecified atom stereocenters. The van der Waals surface area contributed by atoms with Crippen LogP contribution in [0.4, 0.5) is 9.93 Å². The first-order valence-corrected chi connectivity index (χ1v) is 13.3. The normalized spacial score (nSPS) is 22.6. The first-order chi connectivity index (χ1) is 15.1. The molecule has 2 saturated carbocycles. The number of nitrogens with one attached hydrogen (secondary N) is 1. The van der Waals surface area contributed by atoms with Gasteiger partial charge in [0.1, 0.15) is 0 Å². The SMILES string of the molecule is CCOC[C@H]1CC[C@H](N(C(=O)Nc2ncc(SCC(=O)O)s2)C2CCCCCC2)CC1. The summed E-state index contributed by atoms with van der Waals surface area (Å²) in [6.45, 7) is 3.62. The number of carboxylic acids is 1. The van der Waals surface area contributed by atoms with Crippen LogP contribution in [0.5, 0.6) is 0 Å². The third-order valence-electron chi connectivity index (χ3n) is 6.26. The first kappa shape index (κ1) is 24.3. The second-order valence-corrected chi connectivity index (χ2v) is 10.8. The van der Waals surface area contributed by atoms with Crippen molar-refractivity contribution in [3.63, 3.8) is 0 Å². The van der Waals surface area contributed by atoms with E-state index in [9.17, 15) is 9.59 Å². The van der Waals surface area contributed by atoms with Crippen molar-refractivity contribution in [2.24, 2.45) is 5.92 Å². The molecule has 2 N–H and O–H groups in total. The van der Waals surface area contributed by atoms with Gasteiger partial charge < -0.3 is 14.7 Å². The lowest BCUT2D eigenvalue weighted by atomic mass is 9.85. The molecule has 0 bridgehead atoms. The van der Waals surface area contributed by atoms with Gasteiger partial charge in [-0.05, 0) is 51.4 Å². The van der Waals surface area contributed by atoms with Crippen molar-refractivity contribution >= 4 is 40.2 Å². The second kappa shape index (κ2) is 12.6. The van der Waals surface area contributed by atoms with Crippen molar-refractivity contribution < 1.29 is 19.4 Å². The van der Waals surface area contributed by atoms with E-state index in [1.54, 1.807) is 6.20 Å². The van der Waals surface area contributed by atoms with E-state index in [2.05, 4.69) is 15.2 Å². The second-order valence-electron chi connectivity index (χ2n) is 8.48. The van der Waals surface area contributed by atoms with Gasteiger partial charge in [0, 0.05) is 25.3 Å². The predicted octanol–water partition coefficient (Wildman–Crippen LogP) is 5.47. The maximum atomic E-state index is 13.4. The van der Waals surface area contributed by atoms with Gasteiger partial charge in [-0.15, -0.1) is 11.8 Å². The lowest BCUT2D eigenvalue weighted by Gasteiger charge is -2.41. The van der Waals surface area contributed by atoms with Crippen molar-refractivity contribution in [1.82, 2.24) is 9.88 Å². The van der Waals surface area contributed by atoms with Gasteiger partial charge >= 0.3 is 12.0 Å². The number of anilines is 1. The maximum absolute atomic E-state index is 13.4. The summed E-state index contributed by atoms with van der Waals surface area (Å²) >= 11 is 2.57. The molecule has 2 fully saturated rings. The molecule has 0 spiro atoms. The Morgan fingerprint density at radius 1 is 1.16 bits per heavy atom. The number of hydrogen-bond acceptors (Lipinski definition) is 6. The van der Waals surface area contributed by atoms with Gasteiger partial charge in [-0.1, -0.05) is 37.0 Å². The Hall–Kier alpha value is -1.32. The largest absolute Gasteiger partial charge is 0.481 e. The number of urea groups is 1. The molecule has 0 saturated heterocycles. The van der Waals surface area contributed by atoms with Crippen LogP contribution in [0.15, 0.2) is 10.4 Å². The van der Waals surface area contributed by atoms with Crippen molar-refractivity contribution in [2.45, 2.75) is 87.4 Å². The molecule has 0 radical (unpaired) electrons. The summed E-state index contributed by atoms with van der Waals surface area (Å²) in [5.41, 5.74) is 0. The van der Waals surface area contributed by atoms with Gasteiger partial charge in [0.15, 0.2) is 5.13 Å². The van der Waals surface area contributed by atoms with E-state index in [1.807, 2.05) is 6.92 Å². The molecule has 1 heterocycles. The number of hydrogen-bond donors (Lipinski definition) is 2. The molecule has 9 heteroatoms. The van der Waals surface area contributed by atoms with Gasteiger partial charge in [-0.3, -0.25) is 10.1 Å². The quantitative estimate of drug-likeness (QED) is 0.368. The standard InChI is InChI=1S/C22H35N3O4S2/c1-2-29-14-16-9-11-18(12-10-16)25(17-7-5-3-4-6-8-17)22(28)24-21-23-13-20(31-21)30-15-19(26)27/h13,16-18H,2-12,14-15H2,1H3,(H,26,27)(H,23,24,28)/t16-,18-. The number of carbonyl (C=O) groups excluding carboxylic acids is 1. The number of thioether (sulfide) groups is 1. The van der Waals surface area contributed by atoms with Crippen LogP contribution in [0.3, 0.4) is 0 Å². The smallest absolute Gasteiger partial charge is 0.324 e. The first-order valence-electron chi connectivity index (χ1n) is 11.5. The molecule has 1 aromatic heterocycles. The Kier molecular flexibility index (Phi) is 9.93. The number of carboxylic acid groups (broad SMARTS) is 1. The van der Waals surface area contributed by atoms with Gasteiger partial charge in [0.05, 0.1) is 16.2 Å². The molecule has 1 aromatic rings. The Morgan fingerprint density at radius 2 is 1.84 bits per heavy atom. The zero-order chi connectivity index (χ0) is 22.1. The molecule has 0 aliphatic heterocycles. The summed E-state index contributed by atoms with van der Waals surface area (Å²) in [5.74, 6) is -0.263. The molecule has 174 valence electrons. The Bertz CT molecular complexity index is 699. The van der Waals surface area contributed by atoms with E-state index >= 15 is 0 Å². The van der Waals surface area contributed by atoms with Crippen molar-refractivity contribution in [2.75, 3.05) is 24.3 Å². The van der Waals surface area contributed by atoms with Crippen LogP contribution in [0.25, 0.3) is 0 Å². The van der Waals surface area contributed by atoms with E-state index in [0.717, 1.165) is 55.9 Å². The number of amides is 2. The Balaban J connectivity index is 1.64. The molecular weight excluding hydrogens is 434 g/mol. The molecule has 2 amide bonds. The average molecular weight is 470 g/mol. The van der Waals surface area contributed by atoms with Gasteiger partial charge in [-0.2, -0.15) is 0 Å². The molecule has 0 aromatic carbocycles. The lowest BCUT2D eigenvalue weighted by molar-refractivity contribution is -0.133. The van der Waals surface area contributed by atoms with Crippen LogP contribution >= 0.6 is 23.1 Å². The number of thiazole rings is 1. The van der Waals surface area contributed by atoms with Crippen molar-refractivity contribution in [1.29, 1.82) is 0 Å². The Labute approximate surface area is 193 Å². The highest BCUT2D eigenvalue weighted by Gasteiger charge is 2.34. The van der Waals surface area contributed by atoms with E-state index in [4.69, 9.17) is 9.84 Å². The zero-order valence-electron chi connectivity index (χ0n) is 18.4. The minimum Gasteiger partial charge on any atom is -0.481 e. The fourth-order valence-electron chi connectivity index (χ4n) is 4.71. The van der Waals surface area contributed by atoms with E-state index in [-0.39, 0.29) is 23.9 Å². The van der Waals surface area contributed by atoms with Crippen LogP contribution < -0.4 is 5.32 Å². The zero-order valence-corrected chi connectivity index (χ0v) is 20.0. The molecule has 0 atom stereocenters. The van der Waals surface area contributed by atoms with Crippen LogP contribution in [-0.2, 0) is 9.53 Å². The number of ether oxygens (including phenoxy) is 1. The number of rotatable bonds is 9. The molecular formula is C22H35N3O4S2. The lowest BCUT2D eigenvalue weighted by Crippen LogP contribution is -2.50. The Morgan fingerprint density at radius 3 is 2.48 bits per heavy atom. The summed E-state index contributed by atoms with van der Waals surface area (Å²) in [6, 6.07) is 0.503. The summed E-state index contributed by atoms with van der Waals surface area (Å²) in [6.07, 6.45) is 12.9. The van der Waals surface area contributed by atoms with Gasteiger partial charge in [0.2, 0.25) is 0 Å². The third kappa shape index (κ3) is 7.64. The highest BCUT2D eigenvalue weighted by molar-refractivity contribution is 8.01. The summed E-state index contributed by atoms with van der Waals surface area (Å²) < 4.78 is 6.43. The number of carbonyl (C=O) groups is 2. The molecule has 7 nitrogen and oxygen atoms in total. The fraction of sp³-hybridized carbons (Fsp3) is 0.773. The van der Waals surface area contributed by atoms with Crippen molar-refractivity contribution in [3.8, 4) is 0 Å². The van der Waals surface area contributed by atoms with Crippen LogP contribution in [0.1, 0.15) is 71.1 Å². The van der Waals surface area contributed by atoms with E-state index in [1.165, 1.54) is 48.8 Å². The van der Waals surface area contributed by atoms with E-state index in [0.29, 0.717) is 11.0 Å². The highest BCUT2D eigenvalue weighted by Crippen LogP contribution is 2.34. The molecule has 3 rings (SSSR count). The van der Waals surface area contributed by atoms with Crippen LogP contribution in [0, 0.1) is 5.92 Å². The summed E-state index contributed by atoms with van der Waals surface area (Å²) in [7, 11) is 0. The molecule has 2 aliphatic carbocycles. The minimum absolute atomic E-state index is 0.00519. The van der Waals surface area contributed by atoms with Crippen molar-refractivity contribution in [3.05, 3.63) is 6.20 Å². The van der Waals surface area contributed by atoms with Crippen LogP contribution in [0.2, 0.25) is 0 Å². The monoisotopic (exact) mass is 469 g/mol. The summed E-state index contributed by atoms with van der Waals surface area (Å²) in [4.78, 5) is 30.6. The van der Waals surface area contributed by atoms with Gasteiger partial charge in [-0.25, -0.2) is 9.78 Å². The average Bonchev–Trinajstić information content (AvgIpc) is 3.03. The topological polar surface area (TPSA) is 91.8 Å².